The van der Waals surface area contributed by atoms with Gasteiger partial charge in [0.25, 0.3) is 0 Å². The second-order valence-electron chi connectivity index (χ2n) is 4.84. The monoisotopic (exact) mass is 235 g/mol. The molecular formula is C14H18FNO. The maximum Gasteiger partial charge on any atom is 0.230 e. The van der Waals surface area contributed by atoms with Gasteiger partial charge in [-0.3, -0.25) is 4.79 Å². The minimum atomic E-state index is -0.602. The summed E-state index contributed by atoms with van der Waals surface area (Å²) in [6, 6.07) is 6.73. The lowest BCUT2D eigenvalue weighted by molar-refractivity contribution is -0.124. The molecule has 1 unspecified atom stereocenters. The molecule has 1 aliphatic rings. The van der Waals surface area contributed by atoms with Gasteiger partial charge in [-0.15, -0.1) is 0 Å². The average Bonchev–Trinajstić information content (AvgIpc) is 3.10. The summed E-state index contributed by atoms with van der Waals surface area (Å²) in [6.45, 7) is 3.99. The van der Waals surface area contributed by atoms with Crippen molar-refractivity contribution in [3.05, 3.63) is 35.6 Å². The number of amides is 1. The maximum atomic E-state index is 13.7. The van der Waals surface area contributed by atoms with Crippen molar-refractivity contribution >= 4 is 5.91 Å². The van der Waals surface area contributed by atoms with Crippen LogP contribution in [0.15, 0.2) is 24.3 Å². The molecule has 0 aromatic heterocycles. The summed E-state index contributed by atoms with van der Waals surface area (Å²) in [6.07, 6.45) is 2.38. The van der Waals surface area contributed by atoms with Gasteiger partial charge in [-0.1, -0.05) is 25.1 Å². The summed E-state index contributed by atoms with van der Waals surface area (Å²) >= 11 is 0. The topological polar surface area (TPSA) is 29.1 Å². The van der Waals surface area contributed by atoms with Crippen LogP contribution in [0, 0.1) is 5.82 Å². The number of carbonyl (C=O) groups is 1. The zero-order valence-electron chi connectivity index (χ0n) is 10.3. The zero-order chi connectivity index (χ0) is 12.5. The molecule has 0 heterocycles. The van der Waals surface area contributed by atoms with Crippen molar-refractivity contribution in [2.75, 3.05) is 0 Å². The number of rotatable bonds is 4. The molecule has 0 saturated heterocycles. The fourth-order valence-electron chi connectivity index (χ4n) is 2.06. The third kappa shape index (κ3) is 2.19. The molecule has 0 spiro atoms. The molecule has 0 aliphatic heterocycles. The van der Waals surface area contributed by atoms with Gasteiger partial charge in [0, 0.05) is 11.6 Å². The minimum absolute atomic E-state index is 0.0306. The number of hydrogen-bond donors (Lipinski definition) is 1. The van der Waals surface area contributed by atoms with Gasteiger partial charge in [0.2, 0.25) is 5.91 Å². The molecule has 2 nitrogen and oxygen atoms in total. The van der Waals surface area contributed by atoms with Gasteiger partial charge in [-0.05, 0) is 32.3 Å². The lowest BCUT2D eigenvalue weighted by Gasteiger charge is -2.19. The molecule has 0 radical (unpaired) electrons. The molecule has 2 rings (SSSR count). The third-order valence-electron chi connectivity index (χ3n) is 3.56. The van der Waals surface area contributed by atoms with Crippen molar-refractivity contribution in [3.63, 3.8) is 0 Å². The number of hydrogen-bond acceptors (Lipinski definition) is 1. The lowest BCUT2D eigenvalue weighted by Crippen LogP contribution is -2.40. The SMILES string of the molecule is CCC(C)NC(=O)C1(c2ccccc2F)CC1. The summed E-state index contributed by atoms with van der Waals surface area (Å²) in [5, 5.41) is 2.95. The Hall–Kier alpha value is -1.38. The average molecular weight is 235 g/mol. The molecule has 3 heteroatoms. The first-order chi connectivity index (χ1) is 8.10. The van der Waals surface area contributed by atoms with E-state index in [9.17, 15) is 9.18 Å². The fraction of sp³-hybridized carbons (Fsp3) is 0.500. The van der Waals surface area contributed by atoms with E-state index < -0.39 is 5.41 Å². The molecule has 1 fully saturated rings. The van der Waals surface area contributed by atoms with Crippen LogP contribution in [0.3, 0.4) is 0 Å². The van der Waals surface area contributed by atoms with Crippen LogP contribution in [0.5, 0.6) is 0 Å². The number of nitrogens with one attached hydrogen (secondary N) is 1. The van der Waals surface area contributed by atoms with E-state index in [-0.39, 0.29) is 17.8 Å². The molecule has 17 heavy (non-hydrogen) atoms. The Morgan fingerprint density at radius 3 is 2.65 bits per heavy atom. The van der Waals surface area contributed by atoms with Gasteiger partial charge >= 0.3 is 0 Å². The number of halogens is 1. The summed E-state index contributed by atoms with van der Waals surface area (Å²) in [7, 11) is 0. The van der Waals surface area contributed by atoms with Gasteiger partial charge in [-0.2, -0.15) is 0 Å². The van der Waals surface area contributed by atoms with Gasteiger partial charge in [0.15, 0.2) is 0 Å². The van der Waals surface area contributed by atoms with Gasteiger partial charge < -0.3 is 5.32 Å². The summed E-state index contributed by atoms with van der Waals surface area (Å²) in [4.78, 5) is 12.2. The Morgan fingerprint density at radius 1 is 1.47 bits per heavy atom. The molecule has 1 saturated carbocycles. The van der Waals surface area contributed by atoms with Crippen molar-refractivity contribution in [1.29, 1.82) is 0 Å². The van der Waals surface area contributed by atoms with Gasteiger partial charge in [0.1, 0.15) is 5.82 Å². The van der Waals surface area contributed by atoms with Gasteiger partial charge in [0.05, 0.1) is 5.41 Å². The predicted octanol–water partition coefficient (Wildman–Crippen LogP) is 2.77. The van der Waals surface area contributed by atoms with E-state index in [0.717, 1.165) is 19.3 Å². The zero-order valence-corrected chi connectivity index (χ0v) is 10.3. The van der Waals surface area contributed by atoms with Crippen LogP contribution in [-0.4, -0.2) is 11.9 Å². The predicted molar refractivity (Wildman–Crippen MR) is 65.2 cm³/mol. The highest BCUT2D eigenvalue weighted by Crippen LogP contribution is 2.49. The highest BCUT2D eigenvalue weighted by atomic mass is 19.1. The minimum Gasteiger partial charge on any atom is -0.353 e. The first kappa shape index (κ1) is 12.1. The molecule has 92 valence electrons. The largest absolute Gasteiger partial charge is 0.353 e. The summed E-state index contributed by atoms with van der Waals surface area (Å²) < 4.78 is 13.7. The molecule has 1 aliphatic carbocycles. The maximum absolute atomic E-state index is 13.7. The molecule has 1 amide bonds. The van der Waals surface area contributed by atoms with Crippen LogP contribution in [0.25, 0.3) is 0 Å². The van der Waals surface area contributed by atoms with Crippen LogP contribution < -0.4 is 5.32 Å². The third-order valence-corrected chi connectivity index (χ3v) is 3.56. The van der Waals surface area contributed by atoms with Crippen LogP contribution in [-0.2, 0) is 10.2 Å². The number of carbonyl (C=O) groups excluding carboxylic acids is 1. The van der Waals surface area contributed by atoms with E-state index in [0.29, 0.717) is 5.56 Å². The number of benzene rings is 1. The first-order valence-corrected chi connectivity index (χ1v) is 6.16. The Balaban J connectivity index is 2.20. The molecule has 1 atom stereocenters. The summed E-state index contributed by atoms with van der Waals surface area (Å²) in [5.41, 5.74) is -0.0600. The van der Waals surface area contributed by atoms with Gasteiger partial charge in [-0.25, -0.2) is 4.39 Å². The van der Waals surface area contributed by atoms with Crippen LogP contribution in [0.2, 0.25) is 0 Å². The van der Waals surface area contributed by atoms with Crippen molar-refractivity contribution in [2.24, 2.45) is 0 Å². The van der Waals surface area contributed by atoms with E-state index in [1.54, 1.807) is 18.2 Å². The molecule has 1 aromatic rings. The second kappa shape index (κ2) is 4.47. The Morgan fingerprint density at radius 2 is 2.12 bits per heavy atom. The Bertz CT molecular complexity index is 426. The van der Waals surface area contributed by atoms with Crippen molar-refractivity contribution < 1.29 is 9.18 Å². The van der Waals surface area contributed by atoms with E-state index in [4.69, 9.17) is 0 Å². The Labute approximate surface area is 101 Å². The standard InChI is InChI=1S/C14H18FNO/c1-3-10(2)16-13(17)14(8-9-14)11-6-4-5-7-12(11)15/h4-7,10H,3,8-9H2,1-2H3,(H,16,17). The van der Waals surface area contributed by atoms with Crippen molar-refractivity contribution in [1.82, 2.24) is 5.32 Å². The highest BCUT2D eigenvalue weighted by molar-refractivity contribution is 5.91. The van der Waals surface area contributed by atoms with E-state index in [2.05, 4.69) is 5.32 Å². The van der Waals surface area contributed by atoms with Crippen molar-refractivity contribution in [3.8, 4) is 0 Å². The van der Waals surface area contributed by atoms with E-state index >= 15 is 0 Å². The van der Waals surface area contributed by atoms with Crippen LogP contribution >= 0.6 is 0 Å². The second-order valence-corrected chi connectivity index (χ2v) is 4.84. The molecule has 1 aromatic carbocycles. The van der Waals surface area contributed by atoms with Crippen molar-refractivity contribution in [2.45, 2.75) is 44.6 Å². The van der Waals surface area contributed by atoms with Crippen LogP contribution in [0.1, 0.15) is 38.7 Å². The Kier molecular flexibility index (Phi) is 3.18. The molecule has 0 bridgehead atoms. The first-order valence-electron chi connectivity index (χ1n) is 6.16. The normalized spacial score (nSPS) is 18.5. The van der Waals surface area contributed by atoms with E-state index in [1.165, 1.54) is 6.07 Å². The lowest BCUT2D eigenvalue weighted by atomic mass is 9.94. The smallest absolute Gasteiger partial charge is 0.230 e. The van der Waals surface area contributed by atoms with Crippen LogP contribution in [0.4, 0.5) is 4.39 Å². The summed E-state index contributed by atoms with van der Waals surface area (Å²) in [5.74, 6) is -0.304. The van der Waals surface area contributed by atoms with E-state index in [1.807, 2.05) is 13.8 Å². The molecule has 1 N–H and O–H groups in total. The quantitative estimate of drug-likeness (QED) is 0.854. The molecular weight excluding hydrogens is 217 g/mol. The fourth-order valence-corrected chi connectivity index (χ4v) is 2.06. The highest BCUT2D eigenvalue weighted by Gasteiger charge is 2.52.